The van der Waals surface area contributed by atoms with E-state index in [-0.39, 0.29) is 6.29 Å². The number of ether oxygens (including phenoxy) is 2. The van der Waals surface area contributed by atoms with Crippen LogP contribution in [0, 0.1) is 17.8 Å². The van der Waals surface area contributed by atoms with Crippen molar-refractivity contribution in [2.45, 2.75) is 83.3 Å². The lowest BCUT2D eigenvalue weighted by Crippen LogP contribution is -2.22. The van der Waals surface area contributed by atoms with Gasteiger partial charge in [0.2, 0.25) is 0 Å². The van der Waals surface area contributed by atoms with Gasteiger partial charge in [-0.05, 0) is 62.7 Å². The highest BCUT2D eigenvalue weighted by Gasteiger charge is 2.46. The van der Waals surface area contributed by atoms with Gasteiger partial charge in [0.05, 0.1) is 0 Å². The SMILES string of the molecule is C(CCCOC1CCCCO1)CCCC1CC1C1CC1. The number of rotatable bonds is 10. The molecule has 2 aliphatic carbocycles. The Kier molecular flexibility index (Phi) is 5.78. The molecule has 0 radical (unpaired) electrons. The molecule has 2 nitrogen and oxygen atoms in total. The smallest absolute Gasteiger partial charge is 0.157 e. The lowest BCUT2D eigenvalue weighted by atomic mass is 10.1. The third-order valence-electron chi connectivity index (χ3n) is 5.37. The van der Waals surface area contributed by atoms with Gasteiger partial charge in [-0.25, -0.2) is 0 Å². The Morgan fingerprint density at radius 3 is 2.55 bits per heavy atom. The highest BCUT2D eigenvalue weighted by molar-refractivity contribution is 4.96. The Hall–Kier alpha value is -0.0800. The van der Waals surface area contributed by atoms with E-state index in [4.69, 9.17) is 9.47 Å². The summed E-state index contributed by atoms with van der Waals surface area (Å²) in [5.41, 5.74) is 0. The van der Waals surface area contributed by atoms with Gasteiger partial charge in [0.15, 0.2) is 6.29 Å². The van der Waals surface area contributed by atoms with Gasteiger partial charge in [-0.15, -0.1) is 0 Å². The molecule has 0 aromatic carbocycles. The van der Waals surface area contributed by atoms with E-state index in [0.717, 1.165) is 25.6 Å². The molecule has 0 bridgehead atoms. The summed E-state index contributed by atoms with van der Waals surface area (Å²) in [6.45, 7) is 1.80. The van der Waals surface area contributed by atoms with Crippen molar-refractivity contribution in [2.75, 3.05) is 13.2 Å². The predicted octanol–water partition coefficient (Wildman–Crippen LogP) is 4.92. The summed E-state index contributed by atoms with van der Waals surface area (Å²) in [5, 5.41) is 0. The van der Waals surface area contributed by atoms with Crippen molar-refractivity contribution in [3.05, 3.63) is 0 Å². The van der Waals surface area contributed by atoms with Crippen LogP contribution in [-0.4, -0.2) is 19.5 Å². The number of hydrogen-bond acceptors (Lipinski definition) is 2. The molecule has 20 heavy (non-hydrogen) atoms. The van der Waals surface area contributed by atoms with Gasteiger partial charge in [0, 0.05) is 13.2 Å². The first kappa shape index (κ1) is 14.8. The molecule has 1 aliphatic heterocycles. The van der Waals surface area contributed by atoms with E-state index in [1.165, 1.54) is 63.2 Å². The first-order chi connectivity index (χ1) is 9.93. The monoisotopic (exact) mass is 280 g/mol. The molecule has 2 saturated carbocycles. The first-order valence-corrected chi connectivity index (χ1v) is 9.16. The molecule has 2 heteroatoms. The van der Waals surface area contributed by atoms with Crippen LogP contribution in [0.3, 0.4) is 0 Å². The molecule has 0 spiro atoms. The third kappa shape index (κ3) is 5.04. The van der Waals surface area contributed by atoms with Gasteiger partial charge in [-0.1, -0.05) is 32.1 Å². The third-order valence-corrected chi connectivity index (χ3v) is 5.37. The Morgan fingerprint density at radius 1 is 0.900 bits per heavy atom. The second-order valence-corrected chi connectivity index (χ2v) is 7.22. The van der Waals surface area contributed by atoms with Gasteiger partial charge in [-0.2, -0.15) is 0 Å². The van der Waals surface area contributed by atoms with Gasteiger partial charge in [0.25, 0.3) is 0 Å². The van der Waals surface area contributed by atoms with Crippen molar-refractivity contribution in [3.63, 3.8) is 0 Å². The minimum Gasteiger partial charge on any atom is -0.353 e. The molecule has 0 aromatic heterocycles. The molecule has 3 atom stereocenters. The van der Waals surface area contributed by atoms with Crippen LogP contribution in [0.1, 0.15) is 77.0 Å². The van der Waals surface area contributed by atoms with Gasteiger partial charge in [0.1, 0.15) is 0 Å². The molecule has 3 fully saturated rings. The van der Waals surface area contributed by atoms with Gasteiger partial charge >= 0.3 is 0 Å². The van der Waals surface area contributed by atoms with Crippen LogP contribution in [-0.2, 0) is 9.47 Å². The molecule has 1 heterocycles. The molecule has 0 aromatic rings. The lowest BCUT2D eigenvalue weighted by molar-refractivity contribution is -0.162. The van der Waals surface area contributed by atoms with Gasteiger partial charge in [-0.3, -0.25) is 0 Å². The summed E-state index contributed by atoms with van der Waals surface area (Å²) in [6.07, 6.45) is 16.7. The minimum absolute atomic E-state index is 0.109. The number of hydrogen-bond donors (Lipinski definition) is 0. The van der Waals surface area contributed by atoms with E-state index in [1.54, 1.807) is 19.3 Å². The van der Waals surface area contributed by atoms with Crippen molar-refractivity contribution < 1.29 is 9.47 Å². The van der Waals surface area contributed by atoms with Crippen molar-refractivity contribution in [1.29, 1.82) is 0 Å². The lowest BCUT2D eigenvalue weighted by Gasteiger charge is -2.22. The molecule has 3 unspecified atom stereocenters. The Morgan fingerprint density at radius 2 is 1.75 bits per heavy atom. The molecule has 0 N–H and O–H groups in total. The van der Waals surface area contributed by atoms with Crippen molar-refractivity contribution in [1.82, 2.24) is 0 Å². The molecule has 3 rings (SSSR count). The Bertz CT molecular complexity index is 269. The average molecular weight is 280 g/mol. The van der Waals surface area contributed by atoms with Gasteiger partial charge < -0.3 is 9.47 Å². The fourth-order valence-corrected chi connectivity index (χ4v) is 3.80. The van der Waals surface area contributed by atoms with Crippen LogP contribution in [0.15, 0.2) is 0 Å². The maximum atomic E-state index is 5.76. The van der Waals surface area contributed by atoms with E-state index in [9.17, 15) is 0 Å². The van der Waals surface area contributed by atoms with Crippen LogP contribution >= 0.6 is 0 Å². The second-order valence-electron chi connectivity index (χ2n) is 7.22. The summed E-state index contributed by atoms with van der Waals surface area (Å²) in [5.74, 6) is 3.47. The van der Waals surface area contributed by atoms with E-state index >= 15 is 0 Å². The molecular weight excluding hydrogens is 248 g/mol. The summed E-state index contributed by atoms with van der Waals surface area (Å²) in [4.78, 5) is 0. The Balaban J connectivity index is 1.07. The second kappa shape index (κ2) is 7.79. The summed E-state index contributed by atoms with van der Waals surface area (Å²) < 4.78 is 11.3. The quantitative estimate of drug-likeness (QED) is 0.529. The zero-order valence-corrected chi connectivity index (χ0v) is 13.0. The normalized spacial score (nSPS) is 33.3. The standard InChI is InChI=1S/C18H32O2/c1(2-4-8-16-14-17(16)15-10-11-15)3-6-12-19-18-9-5-7-13-20-18/h15-18H,1-14H2. The van der Waals surface area contributed by atoms with E-state index in [1.807, 2.05) is 0 Å². The van der Waals surface area contributed by atoms with Crippen molar-refractivity contribution in [3.8, 4) is 0 Å². The largest absolute Gasteiger partial charge is 0.353 e. The zero-order valence-electron chi connectivity index (χ0n) is 13.0. The zero-order chi connectivity index (χ0) is 13.6. The molecular formula is C18H32O2. The predicted molar refractivity (Wildman–Crippen MR) is 81.6 cm³/mol. The van der Waals surface area contributed by atoms with Crippen LogP contribution in [0.25, 0.3) is 0 Å². The summed E-state index contributed by atoms with van der Waals surface area (Å²) in [6, 6.07) is 0. The maximum absolute atomic E-state index is 5.76. The highest BCUT2D eigenvalue weighted by atomic mass is 16.7. The van der Waals surface area contributed by atoms with E-state index in [2.05, 4.69) is 0 Å². The molecule has 1 saturated heterocycles. The molecule has 3 aliphatic rings. The van der Waals surface area contributed by atoms with Crippen molar-refractivity contribution >= 4 is 0 Å². The number of unbranched alkanes of at least 4 members (excludes halogenated alkanes) is 4. The Labute approximate surface area is 124 Å². The maximum Gasteiger partial charge on any atom is 0.157 e. The van der Waals surface area contributed by atoms with Crippen LogP contribution < -0.4 is 0 Å². The van der Waals surface area contributed by atoms with Crippen LogP contribution in [0.2, 0.25) is 0 Å². The summed E-state index contributed by atoms with van der Waals surface area (Å²) >= 11 is 0. The van der Waals surface area contributed by atoms with E-state index < -0.39 is 0 Å². The van der Waals surface area contributed by atoms with Crippen LogP contribution in [0.4, 0.5) is 0 Å². The van der Waals surface area contributed by atoms with E-state index in [0.29, 0.717) is 0 Å². The van der Waals surface area contributed by atoms with Crippen molar-refractivity contribution in [2.24, 2.45) is 17.8 Å². The fraction of sp³-hybridized carbons (Fsp3) is 1.00. The minimum atomic E-state index is 0.109. The average Bonchev–Trinajstić information content (AvgIpc) is 3.36. The molecule has 0 amide bonds. The van der Waals surface area contributed by atoms with Crippen LogP contribution in [0.5, 0.6) is 0 Å². The topological polar surface area (TPSA) is 18.5 Å². The molecule has 116 valence electrons. The summed E-state index contributed by atoms with van der Waals surface area (Å²) in [7, 11) is 0. The fourth-order valence-electron chi connectivity index (χ4n) is 3.80. The first-order valence-electron chi connectivity index (χ1n) is 9.16. The highest BCUT2D eigenvalue weighted by Crippen LogP contribution is 2.56.